The lowest BCUT2D eigenvalue weighted by Crippen LogP contribution is -2.06. The summed E-state index contributed by atoms with van der Waals surface area (Å²) < 4.78 is 27.2. The lowest BCUT2D eigenvalue weighted by molar-refractivity contribution is 0.363. The first-order valence-electron chi connectivity index (χ1n) is 3.65. The van der Waals surface area contributed by atoms with E-state index in [4.69, 9.17) is 18.0 Å². The van der Waals surface area contributed by atoms with E-state index in [9.17, 15) is 8.42 Å². The van der Waals surface area contributed by atoms with Gasteiger partial charge in [-0.25, -0.2) is 0 Å². The Hall–Kier alpha value is -1.02. The normalized spacial score (nSPS) is 10.9. The standard InChI is InChI=1S/C9H7ClO3S/c1-2-7-13-14(11,12)9-5-3-8(10)4-6-9/h1,3-6H,7H2. The van der Waals surface area contributed by atoms with Crippen LogP contribution in [0.2, 0.25) is 5.02 Å². The SMILES string of the molecule is C#CCOS(=O)(=O)c1ccc(Cl)cc1. The number of rotatable bonds is 3. The van der Waals surface area contributed by atoms with E-state index in [1.807, 2.05) is 0 Å². The highest BCUT2D eigenvalue weighted by Crippen LogP contribution is 2.15. The molecule has 1 aromatic carbocycles. The van der Waals surface area contributed by atoms with E-state index >= 15 is 0 Å². The van der Waals surface area contributed by atoms with E-state index in [0.29, 0.717) is 5.02 Å². The van der Waals surface area contributed by atoms with Crippen molar-refractivity contribution >= 4 is 21.7 Å². The van der Waals surface area contributed by atoms with Gasteiger partial charge in [0.1, 0.15) is 6.61 Å². The molecule has 0 N–H and O–H groups in total. The van der Waals surface area contributed by atoms with Crippen molar-refractivity contribution in [2.45, 2.75) is 4.90 Å². The highest BCUT2D eigenvalue weighted by Gasteiger charge is 2.13. The van der Waals surface area contributed by atoms with Crippen molar-refractivity contribution in [2.75, 3.05) is 6.61 Å². The van der Waals surface area contributed by atoms with Crippen molar-refractivity contribution in [3.8, 4) is 12.3 Å². The van der Waals surface area contributed by atoms with E-state index in [1.54, 1.807) is 0 Å². The van der Waals surface area contributed by atoms with Gasteiger partial charge in [-0.2, -0.15) is 8.42 Å². The van der Waals surface area contributed by atoms with E-state index in [2.05, 4.69) is 10.1 Å². The van der Waals surface area contributed by atoms with Gasteiger partial charge in [0.15, 0.2) is 0 Å². The summed E-state index contributed by atoms with van der Waals surface area (Å²) in [7, 11) is -3.74. The Morgan fingerprint density at radius 3 is 2.43 bits per heavy atom. The van der Waals surface area contributed by atoms with Crippen LogP contribution in [0.1, 0.15) is 0 Å². The average molecular weight is 231 g/mol. The topological polar surface area (TPSA) is 43.4 Å². The van der Waals surface area contributed by atoms with Crippen molar-refractivity contribution in [1.82, 2.24) is 0 Å². The van der Waals surface area contributed by atoms with E-state index < -0.39 is 10.1 Å². The molecule has 74 valence electrons. The predicted octanol–water partition coefficient (Wildman–Crippen LogP) is 1.68. The molecule has 0 aliphatic rings. The number of halogens is 1. The molecule has 0 fully saturated rings. The molecule has 0 spiro atoms. The Labute approximate surface area is 87.8 Å². The zero-order valence-corrected chi connectivity index (χ0v) is 8.68. The molecule has 0 saturated carbocycles. The maximum Gasteiger partial charge on any atom is 0.297 e. The molecule has 0 unspecified atom stereocenters. The third-order valence-corrected chi connectivity index (χ3v) is 2.93. The first-order valence-corrected chi connectivity index (χ1v) is 5.43. The average Bonchev–Trinajstić information content (AvgIpc) is 2.16. The highest BCUT2D eigenvalue weighted by molar-refractivity contribution is 7.86. The first kappa shape index (κ1) is 11.1. The van der Waals surface area contributed by atoms with Crippen LogP contribution in [-0.4, -0.2) is 15.0 Å². The van der Waals surface area contributed by atoms with Crippen molar-refractivity contribution in [1.29, 1.82) is 0 Å². The molecule has 0 radical (unpaired) electrons. The molecule has 0 aliphatic carbocycles. The third kappa shape index (κ3) is 2.74. The molecule has 3 nitrogen and oxygen atoms in total. The van der Waals surface area contributed by atoms with Crippen molar-refractivity contribution in [3.63, 3.8) is 0 Å². The fourth-order valence-electron chi connectivity index (χ4n) is 0.781. The van der Waals surface area contributed by atoms with Crippen LogP contribution in [0.3, 0.4) is 0 Å². The molecule has 1 rings (SSSR count). The maximum atomic E-state index is 11.3. The van der Waals surface area contributed by atoms with Gasteiger partial charge in [0.25, 0.3) is 10.1 Å². The molecule has 0 saturated heterocycles. The van der Waals surface area contributed by atoms with Crippen LogP contribution in [0.25, 0.3) is 0 Å². The summed E-state index contributed by atoms with van der Waals surface area (Å²) >= 11 is 5.60. The molecular weight excluding hydrogens is 224 g/mol. The fraction of sp³-hybridized carbons (Fsp3) is 0.111. The third-order valence-electron chi connectivity index (χ3n) is 1.40. The van der Waals surface area contributed by atoms with Crippen LogP contribution in [0.5, 0.6) is 0 Å². The minimum atomic E-state index is -3.74. The second kappa shape index (κ2) is 4.47. The smallest absolute Gasteiger partial charge is 0.253 e. The Balaban J connectivity index is 2.94. The summed E-state index contributed by atoms with van der Waals surface area (Å²) in [4.78, 5) is 0.0390. The largest absolute Gasteiger partial charge is 0.297 e. The molecule has 0 bridgehead atoms. The summed E-state index contributed by atoms with van der Waals surface area (Å²) in [5, 5.41) is 0.459. The van der Waals surface area contributed by atoms with Gasteiger partial charge in [-0.15, -0.1) is 6.42 Å². The zero-order chi connectivity index (χ0) is 10.6. The molecule has 5 heteroatoms. The minimum Gasteiger partial charge on any atom is -0.253 e. The highest BCUT2D eigenvalue weighted by atomic mass is 35.5. The molecule has 0 heterocycles. The van der Waals surface area contributed by atoms with Gasteiger partial charge in [0, 0.05) is 5.02 Å². The second-order valence-electron chi connectivity index (χ2n) is 2.37. The Morgan fingerprint density at radius 1 is 1.36 bits per heavy atom. The summed E-state index contributed by atoms with van der Waals surface area (Å²) in [6.07, 6.45) is 4.88. The van der Waals surface area contributed by atoms with Gasteiger partial charge in [0.2, 0.25) is 0 Å². The van der Waals surface area contributed by atoms with E-state index in [0.717, 1.165) is 0 Å². The van der Waals surface area contributed by atoms with Crippen LogP contribution in [0.15, 0.2) is 29.2 Å². The van der Waals surface area contributed by atoms with Gasteiger partial charge in [-0.3, -0.25) is 4.18 Å². The van der Waals surface area contributed by atoms with E-state index in [-0.39, 0.29) is 11.5 Å². The van der Waals surface area contributed by atoms with Crippen molar-refractivity contribution in [3.05, 3.63) is 29.3 Å². The number of hydrogen-bond acceptors (Lipinski definition) is 3. The molecule has 0 aromatic heterocycles. The molecule has 0 aliphatic heterocycles. The Kier molecular flexibility index (Phi) is 3.53. The Bertz CT molecular complexity index is 442. The lowest BCUT2D eigenvalue weighted by Gasteiger charge is -2.01. The molecule has 1 aromatic rings. The summed E-state index contributed by atoms with van der Waals surface area (Å²) in [5.41, 5.74) is 0. The quantitative estimate of drug-likeness (QED) is 0.586. The predicted molar refractivity (Wildman–Crippen MR) is 53.4 cm³/mol. The number of benzene rings is 1. The second-order valence-corrected chi connectivity index (χ2v) is 4.43. The summed E-state index contributed by atoms with van der Waals surface area (Å²) in [5.74, 6) is 2.08. The molecular formula is C9H7ClO3S. The Morgan fingerprint density at radius 2 is 1.93 bits per heavy atom. The lowest BCUT2D eigenvalue weighted by atomic mass is 10.4. The van der Waals surface area contributed by atoms with E-state index in [1.165, 1.54) is 24.3 Å². The molecule has 14 heavy (non-hydrogen) atoms. The monoisotopic (exact) mass is 230 g/mol. The van der Waals surface area contributed by atoms with Crippen LogP contribution < -0.4 is 0 Å². The van der Waals surface area contributed by atoms with Gasteiger partial charge in [-0.1, -0.05) is 17.5 Å². The van der Waals surface area contributed by atoms with Gasteiger partial charge in [0.05, 0.1) is 4.90 Å². The van der Waals surface area contributed by atoms with Crippen LogP contribution in [0.4, 0.5) is 0 Å². The first-order chi connectivity index (χ1) is 6.56. The van der Waals surface area contributed by atoms with Crippen LogP contribution >= 0.6 is 11.6 Å². The van der Waals surface area contributed by atoms with Gasteiger partial charge >= 0.3 is 0 Å². The fourth-order valence-corrected chi connectivity index (χ4v) is 1.74. The van der Waals surface area contributed by atoms with Crippen LogP contribution in [0, 0.1) is 12.3 Å². The maximum absolute atomic E-state index is 11.3. The van der Waals surface area contributed by atoms with Gasteiger partial charge < -0.3 is 0 Å². The van der Waals surface area contributed by atoms with Crippen molar-refractivity contribution < 1.29 is 12.6 Å². The summed E-state index contributed by atoms with van der Waals surface area (Å²) in [6.45, 7) is -0.273. The molecule has 0 atom stereocenters. The van der Waals surface area contributed by atoms with Crippen molar-refractivity contribution in [2.24, 2.45) is 0 Å². The zero-order valence-electron chi connectivity index (χ0n) is 7.10. The van der Waals surface area contributed by atoms with Crippen LogP contribution in [-0.2, 0) is 14.3 Å². The number of hydrogen-bond donors (Lipinski definition) is 0. The van der Waals surface area contributed by atoms with Gasteiger partial charge in [-0.05, 0) is 24.3 Å². The summed E-state index contributed by atoms with van der Waals surface area (Å²) in [6, 6.07) is 5.64. The number of terminal acetylenes is 1. The minimum absolute atomic E-state index is 0.0390. The molecule has 0 amide bonds.